The number of carboxylic acid groups (broad SMARTS) is 1. The number of carboxylic acids is 1. The van der Waals surface area contributed by atoms with Gasteiger partial charge >= 0.3 is 11.9 Å². The Bertz CT molecular complexity index is 551. The minimum Gasteiger partial charge on any atom is -0.481 e. The molecule has 150 valence electrons. The predicted molar refractivity (Wildman–Crippen MR) is 108 cm³/mol. The minimum absolute atomic E-state index is 0.0933. The maximum atomic E-state index is 11.9. The van der Waals surface area contributed by atoms with Crippen LogP contribution >= 0.6 is 0 Å². The van der Waals surface area contributed by atoms with Crippen LogP contribution in [0, 0.1) is 5.92 Å². The van der Waals surface area contributed by atoms with Crippen LogP contribution < -0.4 is 0 Å². The second kappa shape index (κ2) is 15.0. The molecule has 0 spiro atoms. The van der Waals surface area contributed by atoms with Gasteiger partial charge in [0.15, 0.2) is 0 Å². The van der Waals surface area contributed by atoms with Gasteiger partial charge in [0.05, 0.1) is 12.3 Å². The monoisotopic (exact) mass is 374 g/mol. The molecule has 0 aliphatic rings. The Morgan fingerprint density at radius 2 is 1.67 bits per heavy atom. The Morgan fingerprint density at radius 3 is 2.33 bits per heavy atom. The second-order valence-corrected chi connectivity index (χ2v) is 7.00. The Hall–Kier alpha value is -2.10. The fourth-order valence-electron chi connectivity index (χ4n) is 2.87. The zero-order chi connectivity index (χ0) is 19.7. The van der Waals surface area contributed by atoms with Gasteiger partial charge in [-0.15, -0.1) is 0 Å². The number of hydrogen-bond acceptors (Lipinski definition) is 3. The van der Waals surface area contributed by atoms with Gasteiger partial charge in [0.1, 0.15) is 6.61 Å². The van der Waals surface area contributed by atoms with Gasteiger partial charge in [-0.05, 0) is 24.8 Å². The molecule has 0 bridgehead atoms. The van der Waals surface area contributed by atoms with Crippen LogP contribution in [0.5, 0.6) is 0 Å². The van der Waals surface area contributed by atoms with Crippen molar-refractivity contribution in [2.75, 3.05) is 0 Å². The molecule has 1 atom stereocenters. The Morgan fingerprint density at radius 1 is 1.00 bits per heavy atom. The van der Waals surface area contributed by atoms with Gasteiger partial charge in [-0.25, -0.2) is 0 Å². The molecule has 0 heterocycles. The lowest BCUT2D eigenvalue weighted by Gasteiger charge is -2.10. The molecule has 1 N–H and O–H groups in total. The third-order valence-corrected chi connectivity index (χ3v) is 4.57. The molecule has 4 nitrogen and oxygen atoms in total. The van der Waals surface area contributed by atoms with Crippen molar-refractivity contribution in [3.05, 3.63) is 48.0 Å². The van der Waals surface area contributed by atoms with Crippen molar-refractivity contribution in [1.82, 2.24) is 0 Å². The smallest absolute Gasteiger partial charge is 0.307 e. The van der Waals surface area contributed by atoms with Crippen LogP contribution in [0.3, 0.4) is 0 Å². The van der Waals surface area contributed by atoms with Crippen molar-refractivity contribution in [3.63, 3.8) is 0 Å². The molecule has 0 amide bonds. The highest BCUT2D eigenvalue weighted by Crippen LogP contribution is 2.14. The van der Waals surface area contributed by atoms with Gasteiger partial charge in [0.25, 0.3) is 0 Å². The largest absolute Gasteiger partial charge is 0.481 e. The van der Waals surface area contributed by atoms with Crippen molar-refractivity contribution >= 4 is 11.9 Å². The molecule has 1 rings (SSSR count). The average Bonchev–Trinajstić information content (AvgIpc) is 2.67. The SMILES string of the molecule is CCCCCCCCCC=CCC(CC(=O)OCc1ccccc1)C(=O)O. The summed E-state index contributed by atoms with van der Waals surface area (Å²) in [6.07, 6.45) is 14.0. The first-order valence-electron chi connectivity index (χ1n) is 10.2. The standard InChI is InChI=1S/C23H34O4/c1-2-3-4-5-6-7-8-9-10-14-17-21(23(25)26)18-22(24)27-19-20-15-12-11-13-16-20/h10-16,21H,2-9,17-19H2,1H3,(H,25,26). The lowest BCUT2D eigenvalue weighted by atomic mass is 10.0. The Kier molecular flexibility index (Phi) is 12.7. The highest BCUT2D eigenvalue weighted by atomic mass is 16.5. The first kappa shape index (κ1) is 22.9. The number of hydrogen-bond donors (Lipinski definition) is 1. The first-order valence-corrected chi connectivity index (χ1v) is 10.2. The van der Waals surface area contributed by atoms with Gasteiger partial charge in [-0.3, -0.25) is 9.59 Å². The molecule has 0 aliphatic carbocycles. The van der Waals surface area contributed by atoms with Crippen molar-refractivity contribution in [2.45, 2.75) is 77.7 Å². The molecule has 0 radical (unpaired) electrons. The topological polar surface area (TPSA) is 63.6 Å². The van der Waals surface area contributed by atoms with E-state index in [1.165, 1.54) is 38.5 Å². The van der Waals surface area contributed by atoms with Crippen LogP contribution in [0.2, 0.25) is 0 Å². The van der Waals surface area contributed by atoms with E-state index in [2.05, 4.69) is 6.92 Å². The summed E-state index contributed by atoms with van der Waals surface area (Å²) in [5.41, 5.74) is 0.896. The van der Waals surface area contributed by atoms with Crippen LogP contribution in [-0.4, -0.2) is 17.0 Å². The number of esters is 1. The van der Waals surface area contributed by atoms with E-state index in [0.717, 1.165) is 18.4 Å². The molecule has 0 saturated heterocycles. The highest BCUT2D eigenvalue weighted by Gasteiger charge is 2.20. The lowest BCUT2D eigenvalue weighted by molar-refractivity contribution is -0.152. The molecule has 0 saturated carbocycles. The van der Waals surface area contributed by atoms with E-state index >= 15 is 0 Å². The van der Waals surface area contributed by atoms with E-state index < -0.39 is 17.9 Å². The number of carbonyl (C=O) groups is 2. The number of benzene rings is 1. The average molecular weight is 375 g/mol. The number of unbranched alkanes of at least 4 members (excludes halogenated alkanes) is 7. The fraction of sp³-hybridized carbons (Fsp3) is 0.565. The molecule has 4 heteroatoms. The van der Waals surface area contributed by atoms with E-state index in [0.29, 0.717) is 6.42 Å². The number of aliphatic carboxylic acids is 1. The van der Waals surface area contributed by atoms with Crippen molar-refractivity contribution in [2.24, 2.45) is 5.92 Å². The quantitative estimate of drug-likeness (QED) is 0.235. The molecular formula is C23H34O4. The first-order chi connectivity index (χ1) is 13.1. The van der Waals surface area contributed by atoms with E-state index in [4.69, 9.17) is 4.74 Å². The maximum absolute atomic E-state index is 11.9. The van der Waals surface area contributed by atoms with E-state index in [9.17, 15) is 14.7 Å². The van der Waals surface area contributed by atoms with Crippen molar-refractivity contribution in [3.8, 4) is 0 Å². The molecule has 0 fully saturated rings. The number of carbonyl (C=O) groups excluding carboxylic acids is 1. The number of ether oxygens (including phenoxy) is 1. The number of allylic oxidation sites excluding steroid dienone is 2. The molecular weight excluding hydrogens is 340 g/mol. The fourth-order valence-corrected chi connectivity index (χ4v) is 2.87. The summed E-state index contributed by atoms with van der Waals surface area (Å²) >= 11 is 0. The summed E-state index contributed by atoms with van der Waals surface area (Å²) in [6, 6.07) is 9.38. The van der Waals surface area contributed by atoms with E-state index in [-0.39, 0.29) is 13.0 Å². The van der Waals surface area contributed by atoms with Crippen LogP contribution in [0.25, 0.3) is 0 Å². The molecule has 1 unspecified atom stereocenters. The van der Waals surface area contributed by atoms with Crippen LogP contribution in [0.1, 0.15) is 76.7 Å². The van der Waals surface area contributed by atoms with E-state index in [1.807, 2.05) is 42.5 Å². The summed E-state index contributed by atoms with van der Waals surface area (Å²) in [5.74, 6) is -2.14. The summed E-state index contributed by atoms with van der Waals surface area (Å²) in [6.45, 7) is 2.40. The third kappa shape index (κ3) is 12.0. The van der Waals surface area contributed by atoms with Gasteiger partial charge in [-0.2, -0.15) is 0 Å². The summed E-state index contributed by atoms with van der Waals surface area (Å²) in [7, 11) is 0. The third-order valence-electron chi connectivity index (χ3n) is 4.57. The molecule has 0 aliphatic heterocycles. The van der Waals surface area contributed by atoms with Gasteiger partial charge in [0.2, 0.25) is 0 Å². The van der Waals surface area contributed by atoms with Gasteiger partial charge in [-0.1, -0.05) is 87.9 Å². The zero-order valence-corrected chi connectivity index (χ0v) is 16.6. The minimum atomic E-state index is -0.952. The lowest BCUT2D eigenvalue weighted by Crippen LogP contribution is -2.19. The maximum Gasteiger partial charge on any atom is 0.307 e. The molecule has 1 aromatic carbocycles. The van der Waals surface area contributed by atoms with E-state index in [1.54, 1.807) is 0 Å². The van der Waals surface area contributed by atoms with Crippen LogP contribution in [0.4, 0.5) is 0 Å². The Balaban J connectivity index is 2.19. The van der Waals surface area contributed by atoms with Crippen molar-refractivity contribution in [1.29, 1.82) is 0 Å². The summed E-state index contributed by atoms with van der Waals surface area (Å²) < 4.78 is 5.18. The Labute approximate surface area is 163 Å². The predicted octanol–water partition coefficient (Wildman–Crippen LogP) is 5.91. The molecule has 0 aromatic heterocycles. The summed E-state index contributed by atoms with van der Waals surface area (Å²) in [5, 5.41) is 9.31. The zero-order valence-electron chi connectivity index (χ0n) is 16.6. The highest BCUT2D eigenvalue weighted by molar-refractivity contribution is 5.78. The number of rotatable bonds is 15. The van der Waals surface area contributed by atoms with Gasteiger partial charge < -0.3 is 9.84 Å². The molecule has 1 aromatic rings. The van der Waals surface area contributed by atoms with Crippen molar-refractivity contribution < 1.29 is 19.4 Å². The molecule has 27 heavy (non-hydrogen) atoms. The summed E-state index contributed by atoms with van der Waals surface area (Å²) in [4.78, 5) is 23.3. The normalized spacial score (nSPS) is 12.2. The second-order valence-electron chi connectivity index (χ2n) is 7.00. The van der Waals surface area contributed by atoms with Gasteiger partial charge in [0, 0.05) is 0 Å². The van der Waals surface area contributed by atoms with Crippen LogP contribution in [0.15, 0.2) is 42.5 Å². The van der Waals surface area contributed by atoms with Crippen LogP contribution in [-0.2, 0) is 20.9 Å².